The molecule has 0 saturated carbocycles. The van der Waals surface area contributed by atoms with Crippen LogP contribution in [0.4, 0.5) is 0 Å². The van der Waals surface area contributed by atoms with Crippen LogP contribution in [0.1, 0.15) is 46.5 Å². The Morgan fingerprint density at radius 1 is 1.10 bits per heavy atom. The van der Waals surface area contributed by atoms with Crippen molar-refractivity contribution in [2.75, 3.05) is 20.2 Å². The van der Waals surface area contributed by atoms with E-state index in [4.69, 9.17) is 9.47 Å². The average molecular weight is 293 g/mol. The minimum absolute atomic E-state index is 0.151. The van der Waals surface area contributed by atoms with Crippen molar-refractivity contribution in [2.45, 2.75) is 52.6 Å². The van der Waals surface area contributed by atoms with E-state index >= 15 is 0 Å². The molecule has 1 aromatic rings. The van der Waals surface area contributed by atoms with E-state index < -0.39 is 0 Å². The zero-order valence-corrected chi connectivity index (χ0v) is 14.0. The summed E-state index contributed by atoms with van der Waals surface area (Å²) in [5, 5.41) is 3.11. The fourth-order valence-electron chi connectivity index (χ4n) is 2.54. The minimum atomic E-state index is 0.151. The van der Waals surface area contributed by atoms with Crippen LogP contribution in [0, 0.1) is 5.92 Å². The highest BCUT2D eigenvalue weighted by Gasteiger charge is 2.09. The maximum atomic E-state index is 5.96. The van der Waals surface area contributed by atoms with Gasteiger partial charge in [-0.2, -0.15) is 0 Å². The standard InChI is InChI=1S/C18H31NO2/c1-5-8-16(9-6-2)14-20-17-10-7-11-18(12-17)21-15(3)13-19-4/h7,10-12,15-16,19H,5-6,8-9,13-14H2,1-4H3/t15-/m0/s1. The first-order valence-corrected chi connectivity index (χ1v) is 8.23. The third kappa shape index (κ3) is 7.37. The van der Waals surface area contributed by atoms with Crippen LogP contribution in [-0.2, 0) is 0 Å². The summed E-state index contributed by atoms with van der Waals surface area (Å²) in [7, 11) is 1.93. The third-order valence-corrected chi connectivity index (χ3v) is 3.51. The van der Waals surface area contributed by atoms with Gasteiger partial charge in [0.25, 0.3) is 0 Å². The van der Waals surface area contributed by atoms with Gasteiger partial charge in [-0.05, 0) is 44.9 Å². The van der Waals surface area contributed by atoms with Gasteiger partial charge in [-0.3, -0.25) is 0 Å². The van der Waals surface area contributed by atoms with Gasteiger partial charge in [-0.1, -0.05) is 32.8 Å². The summed E-state index contributed by atoms with van der Waals surface area (Å²) in [5.74, 6) is 2.44. The van der Waals surface area contributed by atoms with Gasteiger partial charge < -0.3 is 14.8 Å². The Morgan fingerprint density at radius 2 is 1.76 bits per heavy atom. The number of ether oxygens (including phenoxy) is 2. The summed E-state index contributed by atoms with van der Waals surface area (Å²) in [6.45, 7) is 8.17. The molecular weight excluding hydrogens is 262 g/mol. The second kappa shape index (κ2) is 10.5. The lowest BCUT2D eigenvalue weighted by Gasteiger charge is -2.18. The lowest BCUT2D eigenvalue weighted by molar-refractivity contribution is 0.213. The smallest absolute Gasteiger partial charge is 0.123 e. The van der Waals surface area contributed by atoms with Crippen LogP contribution in [-0.4, -0.2) is 26.3 Å². The Labute approximate surface area is 130 Å². The third-order valence-electron chi connectivity index (χ3n) is 3.51. The van der Waals surface area contributed by atoms with Gasteiger partial charge in [0, 0.05) is 12.6 Å². The normalized spacial score (nSPS) is 12.4. The second-order valence-electron chi connectivity index (χ2n) is 5.72. The number of rotatable bonds is 11. The summed E-state index contributed by atoms with van der Waals surface area (Å²) in [5.41, 5.74) is 0. The molecule has 1 rings (SSSR count). The number of nitrogens with one attached hydrogen (secondary N) is 1. The van der Waals surface area contributed by atoms with Crippen molar-refractivity contribution in [3.63, 3.8) is 0 Å². The molecule has 0 heterocycles. The molecular formula is C18H31NO2. The molecule has 0 radical (unpaired) electrons. The van der Waals surface area contributed by atoms with E-state index in [1.165, 1.54) is 25.7 Å². The van der Waals surface area contributed by atoms with Crippen molar-refractivity contribution in [1.82, 2.24) is 5.32 Å². The Bertz CT molecular complexity index is 375. The van der Waals surface area contributed by atoms with Crippen molar-refractivity contribution >= 4 is 0 Å². The van der Waals surface area contributed by atoms with Crippen LogP contribution < -0.4 is 14.8 Å². The van der Waals surface area contributed by atoms with E-state index in [-0.39, 0.29) is 6.10 Å². The van der Waals surface area contributed by atoms with Crippen molar-refractivity contribution in [1.29, 1.82) is 0 Å². The second-order valence-corrected chi connectivity index (χ2v) is 5.72. The van der Waals surface area contributed by atoms with Crippen LogP contribution in [0.25, 0.3) is 0 Å². The molecule has 0 amide bonds. The highest BCUT2D eigenvalue weighted by molar-refractivity contribution is 5.33. The Balaban J connectivity index is 2.51. The van der Waals surface area contributed by atoms with Gasteiger partial charge in [0.2, 0.25) is 0 Å². The average Bonchev–Trinajstić information content (AvgIpc) is 2.46. The van der Waals surface area contributed by atoms with Crippen LogP contribution in [0.2, 0.25) is 0 Å². The predicted molar refractivity (Wildman–Crippen MR) is 89.3 cm³/mol. The fourth-order valence-corrected chi connectivity index (χ4v) is 2.54. The molecule has 0 spiro atoms. The molecule has 0 unspecified atom stereocenters. The van der Waals surface area contributed by atoms with Gasteiger partial charge in [0.05, 0.1) is 6.61 Å². The molecule has 0 aliphatic rings. The molecule has 3 nitrogen and oxygen atoms in total. The first kappa shape index (κ1) is 17.8. The van der Waals surface area contributed by atoms with Gasteiger partial charge in [0.1, 0.15) is 17.6 Å². The van der Waals surface area contributed by atoms with Crippen molar-refractivity contribution < 1.29 is 9.47 Å². The van der Waals surface area contributed by atoms with Crippen molar-refractivity contribution in [2.24, 2.45) is 5.92 Å². The van der Waals surface area contributed by atoms with E-state index in [0.29, 0.717) is 5.92 Å². The topological polar surface area (TPSA) is 30.5 Å². The maximum Gasteiger partial charge on any atom is 0.123 e. The number of hydrogen-bond donors (Lipinski definition) is 1. The van der Waals surface area contributed by atoms with E-state index in [1.54, 1.807) is 0 Å². The van der Waals surface area contributed by atoms with E-state index in [0.717, 1.165) is 24.7 Å². The number of hydrogen-bond acceptors (Lipinski definition) is 3. The number of benzene rings is 1. The summed E-state index contributed by atoms with van der Waals surface area (Å²) in [4.78, 5) is 0. The Morgan fingerprint density at radius 3 is 2.38 bits per heavy atom. The summed E-state index contributed by atoms with van der Waals surface area (Å²) >= 11 is 0. The first-order valence-electron chi connectivity index (χ1n) is 8.23. The van der Waals surface area contributed by atoms with Gasteiger partial charge >= 0.3 is 0 Å². The highest BCUT2D eigenvalue weighted by Crippen LogP contribution is 2.22. The van der Waals surface area contributed by atoms with Crippen LogP contribution in [0.5, 0.6) is 11.5 Å². The Kier molecular flexibility index (Phi) is 8.91. The molecule has 3 heteroatoms. The molecule has 0 aromatic heterocycles. The predicted octanol–water partition coefficient (Wildman–Crippen LogP) is 4.27. The van der Waals surface area contributed by atoms with Crippen LogP contribution >= 0.6 is 0 Å². The molecule has 120 valence electrons. The van der Waals surface area contributed by atoms with E-state index in [1.807, 2.05) is 31.3 Å². The maximum absolute atomic E-state index is 5.96. The summed E-state index contributed by atoms with van der Waals surface area (Å²) < 4.78 is 11.8. The molecule has 1 aromatic carbocycles. The first-order chi connectivity index (χ1) is 10.2. The van der Waals surface area contributed by atoms with Crippen LogP contribution in [0.3, 0.4) is 0 Å². The molecule has 1 N–H and O–H groups in total. The molecule has 0 saturated heterocycles. The monoisotopic (exact) mass is 293 g/mol. The molecule has 21 heavy (non-hydrogen) atoms. The van der Waals surface area contributed by atoms with Crippen molar-refractivity contribution in [3.8, 4) is 11.5 Å². The molecule has 1 atom stereocenters. The Hall–Kier alpha value is -1.22. The summed E-state index contributed by atoms with van der Waals surface area (Å²) in [6, 6.07) is 7.96. The summed E-state index contributed by atoms with van der Waals surface area (Å²) in [6.07, 6.45) is 5.07. The molecule has 0 bridgehead atoms. The minimum Gasteiger partial charge on any atom is -0.493 e. The lowest BCUT2D eigenvalue weighted by Crippen LogP contribution is -2.26. The highest BCUT2D eigenvalue weighted by atomic mass is 16.5. The van der Waals surface area contributed by atoms with Gasteiger partial charge in [-0.25, -0.2) is 0 Å². The van der Waals surface area contributed by atoms with Crippen molar-refractivity contribution in [3.05, 3.63) is 24.3 Å². The SMILES string of the molecule is CCCC(CCC)COc1cccc(O[C@@H](C)CNC)c1. The molecule has 0 fully saturated rings. The molecule has 0 aliphatic heterocycles. The zero-order valence-electron chi connectivity index (χ0n) is 14.0. The fraction of sp³-hybridized carbons (Fsp3) is 0.667. The zero-order chi connectivity index (χ0) is 15.5. The van der Waals surface area contributed by atoms with Crippen LogP contribution in [0.15, 0.2) is 24.3 Å². The quantitative estimate of drug-likeness (QED) is 0.661. The van der Waals surface area contributed by atoms with E-state index in [9.17, 15) is 0 Å². The largest absolute Gasteiger partial charge is 0.493 e. The lowest BCUT2D eigenvalue weighted by atomic mass is 9.99. The van der Waals surface area contributed by atoms with E-state index in [2.05, 4.69) is 26.1 Å². The van der Waals surface area contributed by atoms with Gasteiger partial charge in [0.15, 0.2) is 0 Å². The molecule has 0 aliphatic carbocycles. The van der Waals surface area contributed by atoms with Gasteiger partial charge in [-0.15, -0.1) is 0 Å². The number of likely N-dealkylation sites (N-methyl/N-ethyl adjacent to an activating group) is 1.